The number of hydrogen-bond donors (Lipinski definition) is 1. The molecule has 2 nitrogen and oxygen atoms in total. The highest BCUT2D eigenvalue weighted by Crippen LogP contribution is 2.28. The van der Waals surface area contributed by atoms with Crippen molar-refractivity contribution >= 4 is 11.6 Å². The SMILES string of the molecule is COc1ccc(Cl)cc1CC(O)C(F)(F)F. The second kappa shape index (κ2) is 4.93. The van der Waals surface area contributed by atoms with Crippen molar-refractivity contribution in [2.75, 3.05) is 7.11 Å². The lowest BCUT2D eigenvalue weighted by Crippen LogP contribution is -2.30. The van der Waals surface area contributed by atoms with Crippen molar-refractivity contribution in [2.45, 2.75) is 18.7 Å². The molecule has 1 unspecified atom stereocenters. The van der Waals surface area contributed by atoms with Gasteiger partial charge in [-0.2, -0.15) is 13.2 Å². The molecule has 0 aliphatic carbocycles. The van der Waals surface area contributed by atoms with Crippen LogP contribution in [0.3, 0.4) is 0 Å². The average molecular weight is 255 g/mol. The summed E-state index contributed by atoms with van der Waals surface area (Å²) in [5.74, 6) is 0.271. The van der Waals surface area contributed by atoms with E-state index in [0.29, 0.717) is 5.02 Å². The van der Waals surface area contributed by atoms with E-state index in [1.807, 2.05) is 0 Å². The molecule has 6 heteroatoms. The normalized spacial score (nSPS) is 13.6. The van der Waals surface area contributed by atoms with Crippen LogP contribution in [-0.2, 0) is 6.42 Å². The van der Waals surface area contributed by atoms with Crippen LogP contribution in [0.5, 0.6) is 5.75 Å². The Morgan fingerprint density at radius 1 is 1.44 bits per heavy atom. The fourth-order valence-corrected chi connectivity index (χ4v) is 1.43. The first kappa shape index (κ1) is 13.1. The van der Waals surface area contributed by atoms with Crippen LogP contribution in [0.4, 0.5) is 13.2 Å². The monoisotopic (exact) mass is 254 g/mol. The maximum atomic E-state index is 12.1. The van der Waals surface area contributed by atoms with Gasteiger partial charge in [-0.05, 0) is 23.8 Å². The number of hydrogen-bond acceptors (Lipinski definition) is 2. The third-order valence-corrected chi connectivity index (χ3v) is 2.27. The van der Waals surface area contributed by atoms with Crippen LogP contribution in [0, 0.1) is 0 Å². The van der Waals surface area contributed by atoms with E-state index in [4.69, 9.17) is 21.4 Å². The van der Waals surface area contributed by atoms with Crippen LogP contribution in [0.15, 0.2) is 18.2 Å². The minimum Gasteiger partial charge on any atom is -0.496 e. The van der Waals surface area contributed by atoms with Crippen LogP contribution < -0.4 is 4.74 Å². The number of benzene rings is 1. The highest BCUT2D eigenvalue weighted by atomic mass is 35.5. The lowest BCUT2D eigenvalue weighted by atomic mass is 10.1. The average Bonchev–Trinajstić information content (AvgIpc) is 2.16. The van der Waals surface area contributed by atoms with Crippen molar-refractivity contribution in [2.24, 2.45) is 0 Å². The van der Waals surface area contributed by atoms with Gasteiger partial charge in [-0.15, -0.1) is 0 Å². The molecule has 1 aromatic rings. The molecule has 0 amide bonds. The van der Waals surface area contributed by atoms with E-state index < -0.39 is 18.7 Å². The third-order valence-electron chi connectivity index (χ3n) is 2.03. The summed E-state index contributed by atoms with van der Waals surface area (Å²) in [6.45, 7) is 0. The quantitative estimate of drug-likeness (QED) is 0.899. The molecule has 0 fully saturated rings. The molecule has 1 aromatic carbocycles. The van der Waals surface area contributed by atoms with E-state index in [-0.39, 0.29) is 11.3 Å². The van der Waals surface area contributed by atoms with Gasteiger partial charge in [0.15, 0.2) is 6.10 Å². The number of aliphatic hydroxyl groups is 1. The Morgan fingerprint density at radius 3 is 2.56 bits per heavy atom. The second-order valence-electron chi connectivity index (χ2n) is 3.22. The van der Waals surface area contributed by atoms with Crippen molar-refractivity contribution in [3.63, 3.8) is 0 Å². The molecule has 16 heavy (non-hydrogen) atoms. The topological polar surface area (TPSA) is 29.5 Å². The molecule has 0 bridgehead atoms. The predicted octanol–water partition coefficient (Wildman–Crippen LogP) is 2.81. The van der Waals surface area contributed by atoms with Crippen LogP contribution in [0.2, 0.25) is 5.02 Å². The van der Waals surface area contributed by atoms with Crippen LogP contribution in [0.1, 0.15) is 5.56 Å². The molecule has 0 radical (unpaired) electrons. The lowest BCUT2D eigenvalue weighted by Gasteiger charge is -2.16. The summed E-state index contributed by atoms with van der Waals surface area (Å²) < 4.78 is 41.3. The highest BCUT2D eigenvalue weighted by Gasteiger charge is 2.38. The minimum absolute atomic E-state index is 0.222. The Hall–Kier alpha value is -0.940. The number of alkyl halides is 3. The zero-order valence-corrected chi connectivity index (χ0v) is 9.14. The Bertz CT molecular complexity index is 366. The number of methoxy groups -OCH3 is 1. The van der Waals surface area contributed by atoms with Gasteiger partial charge in [0.05, 0.1) is 7.11 Å². The summed E-state index contributed by atoms with van der Waals surface area (Å²) >= 11 is 5.65. The van der Waals surface area contributed by atoms with Crippen molar-refractivity contribution in [1.29, 1.82) is 0 Å². The Labute approximate surface area is 95.6 Å². The number of halogens is 4. The molecule has 0 heterocycles. The summed E-state index contributed by atoms with van der Waals surface area (Å²) in [5, 5.41) is 9.22. The Morgan fingerprint density at radius 2 is 2.06 bits per heavy atom. The molecule has 1 N–H and O–H groups in total. The molecular weight excluding hydrogens is 245 g/mol. The van der Waals surface area contributed by atoms with Crippen molar-refractivity contribution in [3.8, 4) is 5.75 Å². The summed E-state index contributed by atoms with van der Waals surface area (Å²) in [5.41, 5.74) is 0.222. The molecule has 0 saturated heterocycles. The minimum atomic E-state index is -4.65. The maximum Gasteiger partial charge on any atom is 0.414 e. The summed E-state index contributed by atoms with van der Waals surface area (Å²) in [7, 11) is 1.34. The van der Waals surface area contributed by atoms with Gasteiger partial charge in [0, 0.05) is 11.4 Å². The van der Waals surface area contributed by atoms with Gasteiger partial charge >= 0.3 is 6.18 Å². The van der Waals surface area contributed by atoms with Crippen LogP contribution in [-0.4, -0.2) is 24.5 Å². The van der Waals surface area contributed by atoms with Gasteiger partial charge in [-0.25, -0.2) is 0 Å². The molecule has 90 valence electrons. The smallest absolute Gasteiger partial charge is 0.414 e. The molecule has 0 saturated carbocycles. The fourth-order valence-electron chi connectivity index (χ4n) is 1.23. The van der Waals surface area contributed by atoms with E-state index in [1.54, 1.807) is 0 Å². The highest BCUT2D eigenvalue weighted by molar-refractivity contribution is 6.30. The van der Waals surface area contributed by atoms with Gasteiger partial charge in [-0.1, -0.05) is 11.6 Å². The first-order chi connectivity index (χ1) is 7.34. The predicted molar refractivity (Wildman–Crippen MR) is 53.8 cm³/mol. The van der Waals surface area contributed by atoms with Gasteiger partial charge in [-0.3, -0.25) is 0 Å². The van der Waals surface area contributed by atoms with Gasteiger partial charge in [0.2, 0.25) is 0 Å². The first-order valence-electron chi connectivity index (χ1n) is 4.42. The molecule has 1 atom stereocenters. The van der Waals surface area contributed by atoms with Crippen molar-refractivity contribution < 1.29 is 23.0 Å². The van der Waals surface area contributed by atoms with E-state index in [1.165, 1.54) is 25.3 Å². The number of aliphatic hydroxyl groups excluding tert-OH is 1. The molecule has 0 aliphatic heterocycles. The third kappa shape index (κ3) is 3.28. The van der Waals surface area contributed by atoms with Gasteiger partial charge in [0.1, 0.15) is 5.75 Å². The first-order valence-corrected chi connectivity index (χ1v) is 4.79. The Balaban J connectivity index is 2.91. The molecule has 0 aliphatic rings. The Kier molecular flexibility index (Phi) is 4.04. The van der Waals surface area contributed by atoms with Crippen LogP contribution >= 0.6 is 11.6 Å². The maximum absolute atomic E-state index is 12.1. The van der Waals surface area contributed by atoms with E-state index in [0.717, 1.165) is 0 Å². The molecule has 0 spiro atoms. The summed E-state index contributed by atoms with van der Waals surface area (Å²) in [4.78, 5) is 0. The van der Waals surface area contributed by atoms with Gasteiger partial charge in [0.25, 0.3) is 0 Å². The fraction of sp³-hybridized carbons (Fsp3) is 0.400. The number of ether oxygens (including phenoxy) is 1. The largest absolute Gasteiger partial charge is 0.496 e. The van der Waals surface area contributed by atoms with Crippen molar-refractivity contribution in [3.05, 3.63) is 28.8 Å². The lowest BCUT2D eigenvalue weighted by molar-refractivity contribution is -0.203. The second-order valence-corrected chi connectivity index (χ2v) is 3.65. The van der Waals surface area contributed by atoms with Gasteiger partial charge < -0.3 is 9.84 Å². The molecule has 0 aromatic heterocycles. The zero-order valence-electron chi connectivity index (χ0n) is 8.38. The number of rotatable bonds is 3. The van der Waals surface area contributed by atoms with E-state index in [9.17, 15) is 13.2 Å². The van der Waals surface area contributed by atoms with Crippen molar-refractivity contribution in [1.82, 2.24) is 0 Å². The van der Waals surface area contributed by atoms with Crippen LogP contribution in [0.25, 0.3) is 0 Å². The van der Waals surface area contributed by atoms with E-state index in [2.05, 4.69) is 0 Å². The summed E-state index contributed by atoms with van der Waals surface area (Å²) in [6.07, 6.45) is -7.64. The summed E-state index contributed by atoms with van der Waals surface area (Å²) in [6, 6.07) is 4.31. The van der Waals surface area contributed by atoms with E-state index >= 15 is 0 Å². The standard InChI is InChI=1S/C10H10ClF3O2/c1-16-8-3-2-7(11)4-6(8)5-9(15)10(12,13)14/h2-4,9,15H,5H2,1H3. The molecule has 1 rings (SSSR count). The zero-order chi connectivity index (χ0) is 12.3. The molecular formula is C10H10ClF3O2.